The molecule has 0 unspecified atom stereocenters. The lowest BCUT2D eigenvalue weighted by atomic mass is 9.68. The summed E-state index contributed by atoms with van der Waals surface area (Å²) in [6.45, 7) is 0. The zero-order chi connectivity index (χ0) is 24.1. The van der Waals surface area contributed by atoms with Gasteiger partial charge in [0.15, 0.2) is 11.6 Å². The molecule has 0 fully saturated rings. The van der Waals surface area contributed by atoms with E-state index < -0.39 is 41.1 Å². The maximum atomic E-state index is 13.7. The van der Waals surface area contributed by atoms with Gasteiger partial charge in [0, 0.05) is 36.2 Å². The quantitative estimate of drug-likeness (QED) is 0.530. The summed E-state index contributed by atoms with van der Waals surface area (Å²) in [4.78, 5) is 57.5. The van der Waals surface area contributed by atoms with Crippen LogP contribution in [-0.4, -0.2) is 37.5 Å². The molecule has 0 aliphatic carbocycles. The summed E-state index contributed by atoms with van der Waals surface area (Å²) >= 11 is 6.10. The second-order valence-corrected chi connectivity index (χ2v) is 9.03. The molecule has 0 saturated heterocycles. The van der Waals surface area contributed by atoms with Gasteiger partial charge < -0.3 is 9.80 Å². The van der Waals surface area contributed by atoms with Crippen LogP contribution in [0.4, 0.5) is 11.4 Å². The highest BCUT2D eigenvalue weighted by Gasteiger charge is 2.52. The fourth-order valence-electron chi connectivity index (χ4n) is 5.06. The number of para-hydroxylation sites is 2. The van der Waals surface area contributed by atoms with Gasteiger partial charge in [0.2, 0.25) is 11.8 Å². The largest absolute Gasteiger partial charge is 0.314 e. The van der Waals surface area contributed by atoms with Gasteiger partial charge in [-0.25, -0.2) is 0 Å². The average molecular weight is 473 g/mol. The molecule has 6 nitrogen and oxygen atoms in total. The number of hydrogen-bond acceptors (Lipinski definition) is 4. The molecular formula is C27H21ClN2O4. The van der Waals surface area contributed by atoms with E-state index in [1.165, 1.54) is 9.80 Å². The van der Waals surface area contributed by atoms with Crippen LogP contribution in [0.2, 0.25) is 5.02 Å². The van der Waals surface area contributed by atoms with E-state index in [0.29, 0.717) is 33.1 Å². The molecule has 2 aliphatic heterocycles. The zero-order valence-electron chi connectivity index (χ0n) is 18.6. The third-order valence-corrected chi connectivity index (χ3v) is 7.05. The van der Waals surface area contributed by atoms with E-state index in [4.69, 9.17) is 11.6 Å². The second-order valence-electron chi connectivity index (χ2n) is 8.59. The van der Waals surface area contributed by atoms with Crippen LogP contribution < -0.4 is 9.80 Å². The molecule has 2 aliphatic rings. The Bertz CT molecular complexity index is 1270. The smallest absolute Gasteiger partial charge is 0.238 e. The summed E-state index contributed by atoms with van der Waals surface area (Å²) in [6.07, 6.45) is 0. The van der Waals surface area contributed by atoms with Gasteiger partial charge in [0.05, 0.1) is 11.4 Å². The molecule has 0 radical (unpaired) electrons. The first-order valence-electron chi connectivity index (χ1n) is 10.9. The molecule has 0 saturated carbocycles. The van der Waals surface area contributed by atoms with Crippen molar-refractivity contribution in [3.63, 3.8) is 0 Å². The molecule has 170 valence electrons. The van der Waals surface area contributed by atoms with Crippen LogP contribution in [0.5, 0.6) is 0 Å². The van der Waals surface area contributed by atoms with Crippen LogP contribution in [0.3, 0.4) is 0 Å². The minimum absolute atomic E-state index is 0.387. The number of carbonyl (C=O) groups is 4. The first kappa shape index (κ1) is 22.0. The van der Waals surface area contributed by atoms with E-state index in [9.17, 15) is 19.2 Å². The van der Waals surface area contributed by atoms with Gasteiger partial charge in [-0.05, 0) is 42.0 Å². The van der Waals surface area contributed by atoms with Crippen molar-refractivity contribution in [2.75, 3.05) is 23.9 Å². The maximum Gasteiger partial charge on any atom is 0.238 e. The number of Topliss-reactive ketones (excluding diaryl/α,β-unsaturated/α-hetero) is 2. The molecule has 3 aromatic rings. The lowest BCUT2D eigenvalue weighted by Gasteiger charge is -2.40. The van der Waals surface area contributed by atoms with Crippen molar-refractivity contribution in [1.82, 2.24) is 0 Å². The number of benzene rings is 3. The van der Waals surface area contributed by atoms with Crippen molar-refractivity contribution < 1.29 is 19.2 Å². The van der Waals surface area contributed by atoms with E-state index in [-0.39, 0.29) is 0 Å². The Hall–Kier alpha value is -3.77. The van der Waals surface area contributed by atoms with Crippen molar-refractivity contribution in [2.24, 2.45) is 11.8 Å². The lowest BCUT2D eigenvalue weighted by Crippen LogP contribution is -2.52. The predicted molar refractivity (Wildman–Crippen MR) is 130 cm³/mol. The van der Waals surface area contributed by atoms with Gasteiger partial charge in [-0.1, -0.05) is 48.0 Å². The highest BCUT2D eigenvalue weighted by molar-refractivity contribution is 6.30. The first-order valence-corrected chi connectivity index (χ1v) is 11.3. The Kier molecular flexibility index (Phi) is 5.33. The van der Waals surface area contributed by atoms with Crippen molar-refractivity contribution in [3.8, 4) is 0 Å². The molecule has 7 heteroatoms. The van der Waals surface area contributed by atoms with E-state index >= 15 is 0 Å². The minimum Gasteiger partial charge on any atom is -0.314 e. The molecule has 0 N–H and O–H groups in total. The van der Waals surface area contributed by atoms with Crippen molar-refractivity contribution >= 4 is 46.4 Å². The Morgan fingerprint density at radius 2 is 1.06 bits per heavy atom. The average Bonchev–Trinajstić information content (AvgIpc) is 2.86. The molecular weight excluding hydrogens is 452 g/mol. The molecule has 5 rings (SSSR count). The minimum atomic E-state index is -1.24. The summed E-state index contributed by atoms with van der Waals surface area (Å²) < 4.78 is 0. The number of fused-ring (bicyclic) bond motifs is 2. The molecule has 0 bridgehead atoms. The van der Waals surface area contributed by atoms with Gasteiger partial charge in [-0.3, -0.25) is 19.2 Å². The Morgan fingerprint density at radius 3 is 1.50 bits per heavy atom. The summed E-state index contributed by atoms with van der Waals surface area (Å²) in [5.41, 5.74) is 2.32. The third-order valence-electron chi connectivity index (χ3n) is 6.79. The number of rotatable bonds is 3. The normalized spacial score (nSPS) is 20.0. The number of nitrogens with zero attached hydrogens (tertiary/aromatic N) is 2. The highest BCUT2D eigenvalue weighted by Crippen LogP contribution is 2.45. The summed E-state index contributed by atoms with van der Waals surface area (Å²) in [7, 11) is 3.21. The van der Waals surface area contributed by atoms with Gasteiger partial charge in [-0.15, -0.1) is 0 Å². The fourth-order valence-corrected chi connectivity index (χ4v) is 5.18. The van der Waals surface area contributed by atoms with Crippen LogP contribution in [0.1, 0.15) is 32.2 Å². The molecule has 0 spiro atoms. The summed E-state index contributed by atoms with van der Waals surface area (Å²) in [5.74, 6) is -5.18. The number of anilines is 2. The summed E-state index contributed by atoms with van der Waals surface area (Å²) in [5, 5.41) is 0.468. The summed E-state index contributed by atoms with van der Waals surface area (Å²) in [6, 6.07) is 20.3. The molecule has 2 amide bonds. The van der Waals surface area contributed by atoms with E-state index in [1.807, 2.05) is 0 Å². The van der Waals surface area contributed by atoms with Gasteiger partial charge >= 0.3 is 0 Å². The van der Waals surface area contributed by atoms with Crippen LogP contribution in [-0.2, 0) is 9.59 Å². The first-order chi connectivity index (χ1) is 16.3. The fraction of sp³-hybridized carbons (Fsp3) is 0.185. The molecule has 34 heavy (non-hydrogen) atoms. The molecule has 2 heterocycles. The number of carbonyl (C=O) groups excluding carboxylic acids is 4. The van der Waals surface area contributed by atoms with Crippen molar-refractivity contribution in [1.29, 1.82) is 0 Å². The van der Waals surface area contributed by atoms with E-state index in [0.717, 1.165) is 0 Å². The standard InChI is InChI=1S/C27H21ClN2O4/c1-29-19-9-5-3-7-17(19)24(31)22(26(29)33)21(15-11-13-16(28)14-12-15)23-25(32)18-8-4-6-10-20(18)30(2)27(23)34/h3-14,21-23H,1-2H3/t22-,23-/m1/s1. The predicted octanol–water partition coefficient (Wildman–Crippen LogP) is 4.37. The maximum absolute atomic E-state index is 13.7. The Morgan fingerprint density at radius 1 is 0.647 bits per heavy atom. The monoisotopic (exact) mass is 472 g/mol. The number of ketones is 2. The van der Waals surface area contributed by atoms with Crippen molar-refractivity contribution in [2.45, 2.75) is 5.92 Å². The highest BCUT2D eigenvalue weighted by atomic mass is 35.5. The van der Waals surface area contributed by atoms with Crippen LogP contribution in [0.25, 0.3) is 0 Å². The number of hydrogen-bond donors (Lipinski definition) is 0. The van der Waals surface area contributed by atoms with Crippen LogP contribution in [0, 0.1) is 11.8 Å². The molecule has 3 aromatic carbocycles. The van der Waals surface area contributed by atoms with Gasteiger partial charge in [-0.2, -0.15) is 0 Å². The zero-order valence-corrected chi connectivity index (χ0v) is 19.3. The second kappa shape index (κ2) is 8.22. The van der Waals surface area contributed by atoms with Crippen LogP contribution in [0.15, 0.2) is 72.8 Å². The van der Waals surface area contributed by atoms with Gasteiger partial charge in [0.25, 0.3) is 0 Å². The third kappa shape index (κ3) is 3.25. The SMILES string of the molecule is CN1C(=O)[C@H](C(c2ccc(Cl)cc2)[C@@H]2C(=O)c3ccccc3N(C)C2=O)C(=O)c2ccccc21. The van der Waals surface area contributed by atoms with E-state index in [2.05, 4.69) is 0 Å². The molecule has 2 atom stereocenters. The lowest BCUT2D eigenvalue weighted by molar-refractivity contribution is -0.124. The van der Waals surface area contributed by atoms with Crippen molar-refractivity contribution in [3.05, 3.63) is 94.5 Å². The van der Waals surface area contributed by atoms with Gasteiger partial charge in [0.1, 0.15) is 11.8 Å². The van der Waals surface area contributed by atoms with E-state index in [1.54, 1.807) is 86.9 Å². The Balaban J connectivity index is 1.71. The molecule has 0 aromatic heterocycles. The number of amides is 2. The Labute approximate surface area is 201 Å². The van der Waals surface area contributed by atoms with Crippen LogP contribution >= 0.6 is 11.6 Å². The number of halogens is 1. The topological polar surface area (TPSA) is 74.8 Å².